The van der Waals surface area contributed by atoms with E-state index in [2.05, 4.69) is 55.2 Å². The summed E-state index contributed by atoms with van der Waals surface area (Å²) in [6.45, 7) is 4.33. The third-order valence-electron chi connectivity index (χ3n) is 5.06. The number of unbranched alkanes of at least 4 members (excludes halogenated alkanes) is 2. The van der Waals surface area contributed by atoms with Crippen molar-refractivity contribution in [2.45, 2.75) is 39.5 Å². The number of aryl methyl sites for hydroxylation is 2. The van der Waals surface area contributed by atoms with Crippen molar-refractivity contribution in [2.24, 2.45) is 0 Å². The Hall–Kier alpha value is -2.81. The fourth-order valence-corrected chi connectivity index (χ4v) is 3.71. The number of methoxy groups -OCH3 is 2. The van der Waals surface area contributed by atoms with E-state index in [9.17, 15) is 0 Å². The number of nitrogens with zero attached hydrogens (tertiary/aromatic N) is 1. The van der Waals surface area contributed by atoms with Crippen molar-refractivity contribution in [1.82, 2.24) is 4.98 Å². The second-order valence-electron chi connectivity index (χ2n) is 7.09. The predicted molar refractivity (Wildman–Crippen MR) is 116 cm³/mol. The molecule has 0 radical (unpaired) electrons. The summed E-state index contributed by atoms with van der Waals surface area (Å²) in [4.78, 5) is 4.35. The molecular weight excluding hydrogens is 346 g/mol. The van der Waals surface area contributed by atoms with Crippen LogP contribution in [0.25, 0.3) is 22.3 Å². The van der Waals surface area contributed by atoms with Crippen LogP contribution < -0.4 is 9.47 Å². The van der Waals surface area contributed by atoms with Gasteiger partial charge in [0.25, 0.3) is 0 Å². The summed E-state index contributed by atoms with van der Waals surface area (Å²) >= 11 is 0. The molecule has 0 fully saturated rings. The monoisotopic (exact) mass is 375 g/mol. The van der Waals surface area contributed by atoms with Crippen molar-refractivity contribution in [2.75, 3.05) is 14.2 Å². The molecular formula is C25H29NO2. The van der Waals surface area contributed by atoms with Crippen molar-refractivity contribution in [3.05, 3.63) is 66.0 Å². The van der Waals surface area contributed by atoms with Crippen LogP contribution in [0, 0.1) is 6.92 Å². The van der Waals surface area contributed by atoms with E-state index in [-0.39, 0.29) is 0 Å². The van der Waals surface area contributed by atoms with Gasteiger partial charge in [-0.3, -0.25) is 4.98 Å². The molecule has 3 aromatic rings. The van der Waals surface area contributed by atoms with Crippen LogP contribution in [0.15, 0.2) is 54.9 Å². The van der Waals surface area contributed by atoms with Gasteiger partial charge in [-0.2, -0.15) is 0 Å². The number of hydrogen-bond acceptors (Lipinski definition) is 3. The van der Waals surface area contributed by atoms with Gasteiger partial charge in [0.15, 0.2) is 0 Å². The minimum Gasteiger partial charge on any atom is -0.496 e. The SMILES string of the molecule is CCCCCc1cc(OC)c(-c2cccc(C)c2)c(OC)c1-c1cccnc1. The first-order valence-electron chi connectivity index (χ1n) is 9.94. The lowest BCUT2D eigenvalue weighted by Crippen LogP contribution is -2.01. The zero-order valence-electron chi connectivity index (χ0n) is 17.3. The Morgan fingerprint density at radius 1 is 0.893 bits per heavy atom. The lowest BCUT2D eigenvalue weighted by atomic mass is 9.90. The Kier molecular flexibility index (Phi) is 6.70. The lowest BCUT2D eigenvalue weighted by Gasteiger charge is -2.21. The maximum atomic E-state index is 6.01. The van der Waals surface area contributed by atoms with Gasteiger partial charge in [0, 0.05) is 23.5 Å². The van der Waals surface area contributed by atoms with Crippen LogP contribution in [-0.4, -0.2) is 19.2 Å². The summed E-state index contributed by atoms with van der Waals surface area (Å²) in [5, 5.41) is 0. The standard InChI is InChI=1S/C25H29NO2/c1-5-6-7-11-20-16-22(27-3)24(19-12-8-10-18(2)15-19)25(28-4)23(20)21-13-9-14-26-17-21/h8-10,12-17H,5-7,11H2,1-4H3. The van der Waals surface area contributed by atoms with Gasteiger partial charge in [-0.25, -0.2) is 0 Å². The largest absolute Gasteiger partial charge is 0.496 e. The minimum absolute atomic E-state index is 0.849. The average molecular weight is 376 g/mol. The number of hydrogen-bond donors (Lipinski definition) is 0. The van der Waals surface area contributed by atoms with Crippen LogP contribution in [0.5, 0.6) is 11.5 Å². The molecule has 0 N–H and O–H groups in total. The van der Waals surface area contributed by atoms with Crippen molar-refractivity contribution >= 4 is 0 Å². The van der Waals surface area contributed by atoms with Crippen LogP contribution >= 0.6 is 0 Å². The van der Waals surface area contributed by atoms with E-state index in [1.54, 1.807) is 20.4 Å². The van der Waals surface area contributed by atoms with E-state index < -0.39 is 0 Å². The highest BCUT2D eigenvalue weighted by Gasteiger charge is 2.22. The summed E-state index contributed by atoms with van der Waals surface area (Å²) in [6.07, 6.45) is 8.23. The molecule has 0 saturated heterocycles. The summed E-state index contributed by atoms with van der Waals surface area (Å²) < 4.78 is 11.8. The molecule has 28 heavy (non-hydrogen) atoms. The van der Waals surface area contributed by atoms with E-state index in [0.29, 0.717) is 0 Å². The van der Waals surface area contributed by atoms with Gasteiger partial charge in [-0.15, -0.1) is 0 Å². The molecule has 1 aromatic heterocycles. The highest BCUT2D eigenvalue weighted by molar-refractivity contribution is 5.88. The maximum absolute atomic E-state index is 6.01. The van der Waals surface area contributed by atoms with Crippen molar-refractivity contribution in [1.29, 1.82) is 0 Å². The molecule has 0 spiro atoms. The molecule has 0 aliphatic carbocycles. The molecule has 3 heteroatoms. The van der Waals surface area contributed by atoms with Crippen LogP contribution in [0.1, 0.15) is 37.3 Å². The molecule has 0 unspecified atom stereocenters. The second kappa shape index (κ2) is 9.41. The average Bonchev–Trinajstić information content (AvgIpc) is 2.73. The third-order valence-corrected chi connectivity index (χ3v) is 5.06. The molecule has 0 amide bonds. The normalized spacial score (nSPS) is 10.7. The van der Waals surface area contributed by atoms with Gasteiger partial charge in [0.2, 0.25) is 0 Å². The molecule has 146 valence electrons. The van der Waals surface area contributed by atoms with Crippen LogP contribution in [0.4, 0.5) is 0 Å². The minimum atomic E-state index is 0.849. The molecule has 3 rings (SSSR count). The fraction of sp³-hybridized carbons (Fsp3) is 0.320. The zero-order chi connectivity index (χ0) is 19.9. The topological polar surface area (TPSA) is 31.4 Å². The zero-order valence-corrected chi connectivity index (χ0v) is 17.3. The number of aromatic nitrogens is 1. The van der Waals surface area contributed by atoms with Gasteiger partial charge < -0.3 is 9.47 Å². The lowest BCUT2D eigenvalue weighted by molar-refractivity contribution is 0.397. The highest BCUT2D eigenvalue weighted by atomic mass is 16.5. The molecule has 2 aromatic carbocycles. The molecule has 0 bridgehead atoms. The van der Waals surface area contributed by atoms with Gasteiger partial charge in [-0.05, 0) is 43.0 Å². The predicted octanol–water partition coefficient (Wildman–Crippen LogP) is 6.47. The Morgan fingerprint density at radius 2 is 1.71 bits per heavy atom. The first kappa shape index (κ1) is 19.9. The van der Waals surface area contributed by atoms with Gasteiger partial charge >= 0.3 is 0 Å². The Labute approximate surface area is 168 Å². The van der Waals surface area contributed by atoms with Gasteiger partial charge in [-0.1, -0.05) is 55.7 Å². The summed E-state index contributed by atoms with van der Waals surface area (Å²) in [5.41, 5.74) is 6.72. The molecule has 0 atom stereocenters. The van der Waals surface area contributed by atoms with Gasteiger partial charge in [0.1, 0.15) is 11.5 Å². The van der Waals surface area contributed by atoms with Crippen LogP contribution in [-0.2, 0) is 6.42 Å². The quantitative estimate of drug-likeness (QED) is 0.423. The molecule has 0 saturated carbocycles. The van der Waals surface area contributed by atoms with Crippen LogP contribution in [0.2, 0.25) is 0 Å². The summed E-state index contributed by atoms with van der Waals surface area (Å²) in [5.74, 6) is 1.70. The molecule has 1 heterocycles. The van der Waals surface area contributed by atoms with Crippen molar-refractivity contribution in [3.63, 3.8) is 0 Å². The summed E-state index contributed by atoms with van der Waals surface area (Å²) in [6, 6.07) is 14.7. The van der Waals surface area contributed by atoms with Crippen molar-refractivity contribution < 1.29 is 9.47 Å². The van der Waals surface area contributed by atoms with E-state index in [1.807, 2.05) is 12.3 Å². The van der Waals surface area contributed by atoms with Crippen molar-refractivity contribution in [3.8, 4) is 33.8 Å². The molecule has 0 aliphatic rings. The maximum Gasteiger partial charge on any atom is 0.138 e. The number of benzene rings is 2. The van der Waals surface area contributed by atoms with E-state index >= 15 is 0 Å². The van der Waals surface area contributed by atoms with E-state index in [1.165, 1.54) is 24.0 Å². The first-order valence-corrected chi connectivity index (χ1v) is 9.94. The van der Waals surface area contributed by atoms with Gasteiger partial charge in [0.05, 0.1) is 19.8 Å². The smallest absolute Gasteiger partial charge is 0.138 e. The highest BCUT2D eigenvalue weighted by Crippen LogP contribution is 2.47. The first-order chi connectivity index (χ1) is 13.7. The molecule has 3 nitrogen and oxygen atoms in total. The fourth-order valence-electron chi connectivity index (χ4n) is 3.71. The Balaban J connectivity index is 2.28. The Morgan fingerprint density at radius 3 is 2.36 bits per heavy atom. The number of ether oxygens (including phenoxy) is 2. The van der Waals surface area contributed by atoms with Crippen LogP contribution in [0.3, 0.4) is 0 Å². The second-order valence-corrected chi connectivity index (χ2v) is 7.09. The Bertz CT molecular complexity index is 919. The number of rotatable bonds is 8. The van der Waals surface area contributed by atoms with E-state index in [4.69, 9.17) is 9.47 Å². The van der Waals surface area contributed by atoms with E-state index in [0.717, 1.165) is 46.6 Å². The third kappa shape index (κ3) is 4.19. The number of pyridine rings is 1. The summed E-state index contributed by atoms with van der Waals surface area (Å²) in [7, 11) is 3.47. The molecule has 0 aliphatic heterocycles.